The summed E-state index contributed by atoms with van der Waals surface area (Å²) in [7, 11) is -3.42. The Hall–Kier alpha value is -1.83. The molecule has 0 spiro atoms. The first-order valence-corrected chi connectivity index (χ1v) is 11.2. The maximum atomic E-state index is 12.7. The smallest absolute Gasteiger partial charge is 0.252 e. The molecule has 1 aromatic carbocycles. The number of nitrogens with zero attached hydrogens (tertiary/aromatic N) is 1. The summed E-state index contributed by atoms with van der Waals surface area (Å²) in [4.78, 5) is 15.0. The summed E-state index contributed by atoms with van der Waals surface area (Å²) >= 11 is 6.12. The molecule has 1 aliphatic rings. The summed E-state index contributed by atoms with van der Waals surface area (Å²) in [6.45, 7) is 2.25. The lowest BCUT2D eigenvalue weighted by Gasteiger charge is -2.33. The number of hydrogen-bond donors (Lipinski definition) is 1. The van der Waals surface area contributed by atoms with Crippen LogP contribution in [-0.4, -0.2) is 45.1 Å². The van der Waals surface area contributed by atoms with Crippen LogP contribution in [0.1, 0.15) is 41.4 Å². The van der Waals surface area contributed by atoms with Crippen LogP contribution in [-0.2, 0) is 9.84 Å². The second kappa shape index (κ2) is 8.46. The molecule has 0 radical (unpaired) electrons. The normalized spacial score (nSPS) is 16.8. The average Bonchev–Trinajstić information content (AvgIpc) is 3.16. The van der Waals surface area contributed by atoms with Crippen LogP contribution in [0.5, 0.6) is 0 Å². The van der Waals surface area contributed by atoms with Crippen LogP contribution < -0.4 is 5.32 Å². The lowest BCUT2D eigenvalue weighted by Crippen LogP contribution is -2.40. The Bertz CT molecular complexity index is 890. The fourth-order valence-electron chi connectivity index (χ4n) is 3.31. The zero-order chi connectivity index (χ0) is 19.4. The Morgan fingerprint density at radius 2 is 2.00 bits per heavy atom. The lowest BCUT2D eigenvalue weighted by molar-refractivity contribution is 0.0914. The van der Waals surface area contributed by atoms with Crippen LogP contribution in [0.25, 0.3) is 0 Å². The molecule has 1 unspecified atom stereocenters. The van der Waals surface area contributed by atoms with Gasteiger partial charge in [-0.25, -0.2) is 8.42 Å². The summed E-state index contributed by atoms with van der Waals surface area (Å²) < 4.78 is 29.1. The van der Waals surface area contributed by atoms with Gasteiger partial charge in [-0.15, -0.1) is 0 Å². The summed E-state index contributed by atoms with van der Waals surface area (Å²) in [5.74, 6) is 0.396. The van der Waals surface area contributed by atoms with E-state index in [1.165, 1.54) is 24.6 Å². The highest BCUT2D eigenvalue weighted by Gasteiger charge is 2.25. The monoisotopic (exact) mass is 410 g/mol. The second-order valence-corrected chi connectivity index (χ2v) is 9.17. The van der Waals surface area contributed by atoms with E-state index < -0.39 is 15.7 Å². The van der Waals surface area contributed by atoms with Crippen molar-refractivity contribution >= 4 is 27.3 Å². The highest BCUT2D eigenvalue weighted by molar-refractivity contribution is 7.90. The molecular weight excluding hydrogens is 388 g/mol. The number of hydrogen-bond acceptors (Lipinski definition) is 5. The molecule has 1 atom stereocenters. The van der Waals surface area contributed by atoms with Gasteiger partial charge in [0.25, 0.3) is 5.91 Å². The number of halogens is 1. The molecule has 2 aromatic rings. The second-order valence-electron chi connectivity index (χ2n) is 6.75. The molecule has 146 valence electrons. The molecule has 1 aromatic heterocycles. The van der Waals surface area contributed by atoms with Crippen molar-refractivity contribution in [1.29, 1.82) is 0 Å². The fourth-order valence-corrected chi connectivity index (χ4v) is 4.16. The SMILES string of the molecule is CS(=O)(=O)c1ccc(Cl)c(C(=O)NCC(c2ccco2)N2CCCCC2)c1. The number of carbonyl (C=O) groups excluding carboxylic acids is 1. The Labute approximate surface area is 164 Å². The van der Waals surface area contributed by atoms with E-state index in [0.29, 0.717) is 6.54 Å². The summed E-state index contributed by atoms with van der Waals surface area (Å²) in [6.07, 6.45) is 6.17. The predicted octanol–water partition coefficient (Wildman–Crippen LogP) is 3.29. The summed E-state index contributed by atoms with van der Waals surface area (Å²) in [5.41, 5.74) is 0.149. The average molecular weight is 411 g/mol. The Morgan fingerprint density at radius 1 is 1.26 bits per heavy atom. The number of sulfone groups is 1. The van der Waals surface area contributed by atoms with Crippen molar-refractivity contribution in [3.63, 3.8) is 0 Å². The molecular formula is C19H23ClN2O4S. The summed E-state index contributed by atoms with van der Waals surface area (Å²) in [5, 5.41) is 3.10. The van der Waals surface area contributed by atoms with Crippen molar-refractivity contribution in [2.24, 2.45) is 0 Å². The molecule has 1 amide bonds. The molecule has 0 saturated carbocycles. The third-order valence-corrected chi connectivity index (χ3v) is 6.21. The zero-order valence-electron chi connectivity index (χ0n) is 15.2. The van der Waals surface area contributed by atoms with E-state index in [1.54, 1.807) is 6.26 Å². The fraction of sp³-hybridized carbons (Fsp3) is 0.421. The zero-order valence-corrected chi connectivity index (χ0v) is 16.7. The number of likely N-dealkylation sites (tertiary alicyclic amines) is 1. The van der Waals surface area contributed by atoms with E-state index in [2.05, 4.69) is 10.2 Å². The van der Waals surface area contributed by atoms with Crippen LogP contribution in [0.4, 0.5) is 0 Å². The maximum absolute atomic E-state index is 12.7. The first kappa shape index (κ1) is 19.9. The van der Waals surface area contributed by atoms with E-state index >= 15 is 0 Å². The molecule has 1 fully saturated rings. The number of rotatable bonds is 6. The van der Waals surface area contributed by atoms with Gasteiger partial charge in [0.1, 0.15) is 5.76 Å². The minimum atomic E-state index is -3.42. The molecule has 8 heteroatoms. The van der Waals surface area contributed by atoms with Gasteiger partial charge in [0.15, 0.2) is 9.84 Å². The Kier molecular flexibility index (Phi) is 6.24. The van der Waals surface area contributed by atoms with Gasteiger partial charge in [-0.05, 0) is 56.3 Å². The number of piperidine rings is 1. The predicted molar refractivity (Wildman–Crippen MR) is 104 cm³/mol. The van der Waals surface area contributed by atoms with E-state index in [9.17, 15) is 13.2 Å². The van der Waals surface area contributed by atoms with Crippen LogP contribution in [0.3, 0.4) is 0 Å². The van der Waals surface area contributed by atoms with Crippen LogP contribution in [0.2, 0.25) is 5.02 Å². The molecule has 0 aliphatic carbocycles. The molecule has 0 bridgehead atoms. The summed E-state index contributed by atoms with van der Waals surface area (Å²) in [6, 6.07) is 7.81. The van der Waals surface area contributed by atoms with Gasteiger partial charge in [-0.3, -0.25) is 9.69 Å². The van der Waals surface area contributed by atoms with Crippen molar-refractivity contribution in [1.82, 2.24) is 10.2 Å². The molecule has 2 heterocycles. The molecule has 6 nitrogen and oxygen atoms in total. The van der Waals surface area contributed by atoms with Gasteiger partial charge in [0.2, 0.25) is 0 Å². The quantitative estimate of drug-likeness (QED) is 0.790. The largest absolute Gasteiger partial charge is 0.468 e. The molecule has 1 N–H and O–H groups in total. The van der Waals surface area contributed by atoms with Crippen molar-refractivity contribution in [2.75, 3.05) is 25.9 Å². The first-order chi connectivity index (χ1) is 12.9. The maximum Gasteiger partial charge on any atom is 0.252 e. The Balaban J connectivity index is 1.76. The molecule has 1 saturated heterocycles. The standard InChI is InChI=1S/C19H23ClN2O4S/c1-27(24,25)14-7-8-16(20)15(12-14)19(23)21-13-17(18-6-5-11-26-18)22-9-3-2-4-10-22/h5-8,11-12,17H,2-4,9-10,13H2,1H3,(H,21,23). The lowest BCUT2D eigenvalue weighted by atomic mass is 10.1. The topological polar surface area (TPSA) is 79.6 Å². The van der Waals surface area contributed by atoms with Crippen molar-refractivity contribution in [2.45, 2.75) is 30.2 Å². The van der Waals surface area contributed by atoms with Crippen molar-refractivity contribution in [3.05, 3.63) is 52.9 Å². The van der Waals surface area contributed by atoms with E-state index in [1.807, 2.05) is 12.1 Å². The highest BCUT2D eigenvalue weighted by Crippen LogP contribution is 2.25. The number of furan rings is 1. The Morgan fingerprint density at radius 3 is 2.63 bits per heavy atom. The third kappa shape index (κ3) is 4.91. The van der Waals surface area contributed by atoms with Gasteiger partial charge in [-0.2, -0.15) is 0 Å². The van der Waals surface area contributed by atoms with Crippen molar-refractivity contribution in [3.8, 4) is 0 Å². The van der Waals surface area contributed by atoms with Gasteiger partial charge in [0, 0.05) is 12.8 Å². The van der Waals surface area contributed by atoms with E-state index in [0.717, 1.165) is 37.9 Å². The van der Waals surface area contributed by atoms with Crippen molar-refractivity contribution < 1.29 is 17.6 Å². The van der Waals surface area contributed by atoms with E-state index in [4.69, 9.17) is 16.0 Å². The van der Waals surface area contributed by atoms with Crippen LogP contribution >= 0.6 is 11.6 Å². The molecule has 27 heavy (non-hydrogen) atoms. The molecule has 1 aliphatic heterocycles. The van der Waals surface area contributed by atoms with Crippen LogP contribution in [0.15, 0.2) is 45.9 Å². The van der Waals surface area contributed by atoms with Gasteiger partial charge >= 0.3 is 0 Å². The number of carbonyl (C=O) groups is 1. The first-order valence-electron chi connectivity index (χ1n) is 8.91. The highest BCUT2D eigenvalue weighted by atomic mass is 35.5. The number of amides is 1. The molecule has 3 rings (SSSR count). The van der Waals surface area contributed by atoms with E-state index in [-0.39, 0.29) is 21.5 Å². The van der Waals surface area contributed by atoms with Crippen LogP contribution in [0, 0.1) is 0 Å². The minimum absolute atomic E-state index is 0.0654. The van der Waals surface area contributed by atoms with Gasteiger partial charge in [-0.1, -0.05) is 18.0 Å². The number of nitrogens with one attached hydrogen (secondary N) is 1. The van der Waals surface area contributed by atoms with Gasteiger partial charge < -0.3 is 9.73 Å². The van der Waals surface area contributed by atoms with Gasteiger partial charge in [0.05, 0.1) is 27.8 Å². The number of benzene rings is 1. The third-order valence-electron chi connectivity index (χ3n) is 4.77. The minimum Gasteiger partial charge on any atom is -0.468 e.